The molecule has 0 fully saturated rings. The quantitative estimate of drug-likeness (QED) is 0.568. The number of hydrogen-bond acceptors (Lipinski definition) is 5. The number of hydrogen-bond donors (Lipinski definition) is 2. The van der Waals surface area contributed by atoms with Gasteiger partial charge >= 0.3 is 0 Å². The fourth-order valence-electron chi connectivity index (χ4n) is 2.80. The third kappa shape index (κ3) is 2.60. The van der Waals surface area contributed by atoms with Crippen LogP contribution in [0, 0.1) is 0 Å². The van der Waals surface area contributed by atoms with E-state index in [1.54, 1.807) is 19.4 Å². The van der Waals surface area contributed by atoms with Gasteiger partial charge in [0.05, 0.1) is 17.7 Å². The molecule has 2 heterocycles. The molecule has 0 aliphatic rings. The van der Waals surface area contributed by atoms with E-state index in [1.807, 2.05) is 34.9 Å². The molecule has 0 unspecified atom stereocenters. The van der Waals surface area contributed by atoms with Gasteiger partial charge in [0.2, 0.25) is 0 Å². The molecule has 2 N–H and O–H groups in total. The summed E-state index contributed by atoms with van der Waals surface area (Å²) >= 11 is 6.04. The van der Waals surface area contributed by atoms with E-state index in [1.165, 1.54) is 12.1 Å². The zero-order valence-corrected chi connectivity index (χ0v) is 14.5. The van der Waals surface area contributed by atoms with Crippen LogP contribution >= 0.6 is 11.6 Å². The molecule has 6 nitrogen and oxygen atoms in total. The van der Waals surface area contributed by atoms with Crippen molar-refractivity contribution < 1.29 is 14.9 Å². The van der Waals surface area contributed by atoms with Gasteiger partial charge in [-0.25, -0.2) is 9.97 Å². The second kappa shape index (κ2) is 6.24. The summed E-state index contributed by atoms with van der Waals surface area (Å²) in [6, 6.07) is 13.7. The maximum absolute atomic E-state index is 10.3. The summed E-state index contributed by atoms with van der Waals surface area (Å²) in [7, 11) is 1.60. The van der Waals surface area contributed by atoms with Crippen molar-refractivity contribution >= 4 is 22.8 Å². The van der Waals surface area contributed by atoms with E-state index >= 15 is 0 Å². The monoisotopic (exact) mass is 367 g/mol. The Labute approximate surface area is 153 Å². The van der Waals surface area contributed by atoms with Gasteiger partial charge in [-0.3, -0.25) is 4.57 Å². The van der Waals surface area contributed by atoms with Crippen molar-refractivity contribution in [1.29, 1.82) is 0 Å². The number of benzene rings is 2. The third-order valence-corrected chi connectivity index (χ3v) is 4.36. The van der Waals surface area contributed by atoms with Gasteiger partial charge in [-0.05, 0) is 42.5 Å². The van der Waals surface area contributed by atoms with Crippen LogP contribution in [0.15, 0.2) is 54.7 Å². The van der Waals surface area contributed by atoms with Gasteiger partial charge in [0.1, 0.15) is 22.8 Å². The minimum Gasteiger partial charge on any atom is -0.507 e. The fourth-order valence-corrected chi connectivity index (χ4v) is 2.96. The largest absolute Gasteiger partial charge is 0.507 e. The molecule has 4 rings (SSSR count). The summed E-state index contributed by atoms with van der Waals surface area (Å²) in [5, 5.41) is 20.2. The first-order chi connectivity index (χ1) is 12.6. The first-order valence-electron chi connectivity index (χ1n) is 7.78. The standard InChI is InChI=1S/C19H14ClN3O3/c1-26-12-6-4-11(5-7-12)23-18(22-15-3-2-8-21-19(15)23)13-9-14(20)17(25)10-16(13)24/h2-10,24-25H,1H3. The van der Waals surface area contributed by atoms with Gasteiger partial charge < -0.3 is 14.9 Å². The summed E-state index contributed by atoms with van der Waals surface area (Å²) in [6.07, 6.45) is 1.68. The lowest BCUT2D eigenvalue weighted by Gasteiger charge is -2.11. The summed E-state index contributed by atoms with van der Waals surface area (Å²) in [5.74, 6) is 0.863. The van der Waals surface area contributed by atoms with Crippen LogP contribution in [-0.4, -0.2) is 31.9 Å². The number of rotatable bonds is 3. The number of pyridine rings is 1. The molecular weight excluding hydrogens is 354 g/mol. The van der Waals surface area contributed by atoms with E-state index in [0.29, 0.717) is 22.6 Å². The molecule has 4 aromatic rings. The number of halogens is 1. The number of phenolic OH excluding ortho intramolecular Hbond substituents is 2. The number of ether oxygens (including phenoxy) is 1. The zero-order chi connectivity index (χ0) is 18.3. The SMILES string of the molecule is COc1ccc(-n2c(-c3cc(Cl)c(O)cc3O)nc3cccnc32)cc1. The van der Waals surface area contributed by atoms with Crippen LogP contribution in [0.3, 0.4) is 0 Å². The summed E-state index contributed by atoms with van der Waals surface area (Å²) in [6.45, 7) is 0. The van der Waals surface area contributed by atoms with Crippen LogP contribution in [0.4, 0.5) is 0 Å². The lowest BCUT2D eigenvalue weighted by molar-refractivity contribution is 0.415. The molecule has 7 heteroatoms. The number of imidazole rings is 1. The topological polar surface area (TPSA) is 80.4 Å². The van der Waals surface area contributed by atoms with Crippen LogP contribution < -0.4 is 4.74 Å². The Bertz CT molecular complexity index is 1110. The van der Waals surface area contributed by atoms with Gasteiger partial charge in [-0.15, -0.1) is 0 Å². The van der Waals surface area contributed by atoms with Crippen molar-refractivity contribution in [3.05, 3.63) is 59.8 Å². The highest BCUT2D eigenvalue weighted by molar-refractivity contribution is 6.32. The minimum atomic E-state index is -0.196. The van der Waals surface area contributed by atoms with Gasteiger partial charge in [-0.2, -0.15) is 0 Å². The number of phenols is 2. The van der Waals surface area contributed by atoms with Crippen LogP contribution in [-0.2, 0) is 0 Å². The molecule has 2 aromatic carbocycles. The number of methoxy groups -OCH3 is 1. The molecule has 0 aliphatic carbocycles. The van der Waals surface area contributed by atoms with Crippen molar-refractivity contribution in [2.75, 3.05) is 7.11 Å². The van der Waals surface area contributed by atoms with E-state index in [9.17, 15) is 10.2 Å². The predicted molar refractivity (Wildman–Crippen MR) is 99.2 cm³/mol. The number of aromatic nitrogens is 3. The average Bonchev–Trinajstić information content (AvgIpc) is 3.04. The lowest BCUT2D eigenvalue weighted by atomic mass is 10.1. The normalized spacial score (nSPS) is 11.0. The van der Waals surface area contributed by atoms with Crippen LogP contribution in [0.2, 0.25) is 5.02 Å². The molecule has 2 aromatic heterocycles. The number of nitrogens with zero attached hydrogens (tertiary/aromatic N) is 3. The molecule has 0 amide bonds. The molecule has 0 bridgehead atoms. The second-order valence-corrected chi connectivity index (χ2v) is 6.04. The Balaban J connectivity index is 2.02. The smallest absolute Gasteiger partial charge is 0.164 e. The Morgan fingerprint density at radius 2 is 1.81 bits per heavy atom. The minimum absolute atomic E-state index is 0.124. The van der Waals surface area contributed by atoms with Crippen molar-refractivity contribution in [2.24, 2.45) is 0 Å². The Kier molecular flexibility index (Phi) is 3.89. The summed E-state index contributed by atoms with van der Waals surface area (Å²) < 4.78 is 7.03. The Hall–Kier alpha value is -3.25. The van der Waals surface area contributed by atoms with E-state index in [0.717, 1.165) is 11.4 Å². The average molecular weight is 368 g/mol. The molecule has 0 spiro atoms. The highest BCUT2D eigenvalue weighted by Gasteiger charge is 2.19. The van der Waals surface area contributed by atoms with Crippen molar-refractivity contribution in [2.45, 2.75) is 0 Å². The van der Waals surface area contributed by atoms with E-state index in [2.05, 4.69) is 9.97 Å². The Morgan fingerprint density at radius 3 is 2.54 bits per heavy atom. The Morgan fingerprint density at radius 1 is 1.04 bits per heavy atom. The number of aromatic hydroxyl groups is 2. The maximum atomic E-state index is 10.3. The second-order valence-electron chi connectivity index (χ2n) is 5.64. The van der Waals surface area contributed by atoms with Gasteiger partial charge in [0.25, 0.3) is 0 Å². The first-order valence-corrected chi connectivity index (χ1v) is 8.16. The maximum Gasteiger partial charge on any atom is 0.164 e. The highest BCUT2D eigenvalue weighted by Crippen LogP contribution is 2.38. The molecular formula is C19H14ClN3O3. The van der Waals surface area contributed by atoms with Gasteiger partial charge in [0, 0.05) is 18.0 Å². The summed E-state index contributed by atoms with van der Waals surface area (Å²) in [5.41, 5.74) is 2.49. The predicted octanol–water partition coefficient (Wildman–Crippen LogP) is 4.16. The number of fused-ring (bicyclic) bond motifs is 1. The molecule has 0 atom stereocenters. The molecule has 0 saturated carbocycles. The van der Waals surface area contributed by atoms with E-state index < -0.39 is 0 Å². The summed E-state index contributed by atoms with van der Waals surface area (Å²) in [4.78, 5) is 9.02. The van der Waals surface area contributed by atoms with Gasteiger partial charge in [0.15, 0.2) is 11.5 Å². The molecule has 130 valence electrons. The van der Waals surface area contributed by atoms with E-state index in [4.69, 9.17) is 16.3 Å². The van der Waals surface area contributed by atoms with Crippen LogP contribution in [0.1, 0.15) is 0 Å². The van der Waals surface area contributed by atoms with Crippen molar-refractivity contribution in [1.82, 2.24) is 14.5 Å². The highest BCUT2D eigenvalue weighted by atomic mass is 35.5. The van der Waals surface area contributed by atoms with Crippen molar-refractivity contribution in [3.8, 4) is 34.3 Å². The third-order valence-electron chi connectivity index (χ3n) is 4.05. The fraction of sp³-hybridized carbons (Fsp3) is 0.0526. The van der Waals surface area contributed by atoms with Gasteiger partial charge in [-0.1, -0.05) is 11.6 Å². The first kappa shape index (κ1) is 16.2. The van der Waals surface area contributed by atoms with E-state index in [-0.39, 0.29) is 16.5 Å². The molecule has 26 heavy (non-hydrogen) atoms. The molecule has 0 aliphatic heterocycles. The van der Waals surface area contributed by atoms with Crippen molar-refractivity contribution in [3.63, 3.8) is 0 Å². The molecule has 0 saturated heterocycles. The molecule has 0 radical (unpaired) electrons. The lowest BCUT2D eigenvalue weighted by Crippen LogP contribution is -1.99. The van der Waals surface area contributed by atoms with Crippen LogP contribution in [0.5, 0.6) is 17.2 Å². The zero-order valence-electron chi connectivity index (χ0n) is 13.7. The van der Waals surface area contributed by atoms with Crippen LogP contribution in [0.25, 0.3) is 28.2 Å².